The molecule has 24 heavy (non-hydrogen) atoms. The number of quaternary nitrogens is 1. The molecule has 0 aromatic heterocycles. The first-order valence-electron chi connectivity index (χ1n) is 8.86. The summed E-state index contributed by atoms with van der Waals surface area (Å²) in [5.41, 5.74) is 0. The van der Waals surface area contributed by atoms with Crippen LogP contribution in [-0.2, 0) is 14.3 Å². The second-order valence-corrected chi connectivity index (χ2v) is 7.01. The number of likely N-dealkylation sites (N-methyl/N-ethyl adjacent to an activating group) is 1. The summed E-state index contributed by atoms with van der Waals surface area (Å²) in [7, 11) is 3.46. The van der Waals surface area contributed by atoms with Crippen molar-refractivity contribution in [2.24, 2.45) is 5.92 Å². The summed E-state index contributed by atoms with van der Waals surface area (Å²) in [6, 6.07) is 0. The standard InChI is InChI=1S/C19H32NO4/c1-5-7-8-9-10-11-12-16-17(21)13-14-18(22)24-19(16,23)20(3,4)15-6-2/h6,11-12,16,23H,2,5,7-10,13-15H2,1,3-4H3/q+1. The molecule has 5 heteroatoms. The summed E-state index contributed by atoms with van der Waals surface area (Å²) >= 11 is 0. The number of carbonyl (C=O) groups is 2. The molecule has 0 saturated carbocycles. The van der Waals surface area contributed by atoms with E-state index in [1.54, 1.807) is 26.2 Å². The van der Waals surface area contributed by atoms with Gasteiger partial charge >= 0.3 is 11.9 Å². The number of hydrogen-bond acceptors (Lipinski definition) is 4. The Kier molecular flexibility index (Phi) is 7.84. The van der Waals surface area contributed by atoms with Crippen molar-refractivity contribution in [3.05, 3.63) is 24.8 Å². The molecule has 5 nitrogen and oxygen atoms in total. The number of ketones is 1. The fraction of sp³-hybridized carbons (Fsp3) is 0.684. The average Bonchev–Trinajstić information content (AvgIpc) is 2.61. The molecule has 2 unspecified atom stereocenters. The van der Waals surface area contributed by atoms with E-state index in [1.165, 1.54) is 12.8 Å². The van der Waals surface area contributed by atoms with Crippen molar-refractivity contribution in [1.29, 1.82) is 0 Å². The number of Topliss-reactive ketones (excluding diaryl/α,β-unsaturated/α-hetero) is 1. The molecule has 0 aromatic rings. The van der Waals surface area contributed by atoms with Crippen molar-refractivity contribution >= 4 is 11.8 Å². The zero-order valence-corrected chi connectivity index (χ0v) is 15.3. The van der Waals surface area contributed by atoms with Crippen LogP contribution in [0.4, 0.5) is 0 Å². The van der Waals surface area contributed by atoms with Gasteiger partial charge in [0.25, 0.3) is 0 Å². The van der Waals surface area contributed by atoms with Gasteiger partial charge in [0.1, 0.15) is 6.54 Å². The molecule has 1 aliphatic rings. The number of allylic oxidation sites excluding steroid dienone is 1. The second kappa shape index (κ2) is 9.14. The number of nitrogens with zero attached hydrogens (tertiary/aromatic N) is 1. The molecule has 0 spiro atoms. The molecule has 0 bridgehead atoms. The SMILES string of the molecule is C=CC[N+](C)(C)C1(O)OC(=O)CCC(=O)C1C=CCCCCCC. The fourth-order valence-corrected chi connectivity index (χ4v) is 2.98. The third kappa shape index (κ3) is 5.02. The summed E-state index contributed by atoms with van der Waals surface area (Å²) in [5.74, 6) is -3.47. The molecule has 0 amide bonds. The maximum Gasteiger partial charge on any atom is 0.374 e. The van der Waals surface area contributed by atoms with Gasteiger partial charge in [-0.3, -0.25) is 14.1 Å². The first kappa shape index (κ1) is 20.6. The predicted octanol–water partition coefficient (Wildman–Crippen LogP) is 2.94. The molecule has 2 atom stereocenters. The van der Waals surface area contributed by atoms with Crippen LogP contribution >= 0.6 is 0 Å². The predicted molar refractivity (Wildman–Crippen MR) is 93.8 cm³/mol. The van der Waals surface area contributed by atoms with Crippen molar-refractivity contribution in [2.45, 2.75) is 57.8 Å². The molecule has 1 rings (SSSR count). The van der Waals surface area contributed by atoms with Crippen LogP contribution in [-0.4, -0.2) is 47.9 Å². The van der Waals surface area contributed by atoms with Gasteiger partial charge in [-0.25, -0.2) is 0 Å². The van der Waals surface area contributed by atoms with E-state index in [0.717, 1.165) is 19.3 Å². The van der Waals surface area contributed by atoms with Crippen LogP contribution in [0.15, 0.2) is 24.8 Å². The van der Waals surface area contributed by atoms with Gasteiger partial charge in [-0.05, 0) is 18.9 Å². The summed E-state index contributed by atoms with van der Waals surface area (Å²) in [4.78, 5) is 24.4. The summed E-state index contributed by atoms with van der Waals surface area (Å²) in [5, 5.41) is 11.2. The zero-order chi connectivity index (χ0) is 18.2. The first-order chi connectivity index (χ1) is 11.3. The van der Waals surface area contributed by atoms with Crippen molar-refractivity contribution in [3.8, 4) is 0 Å². The molecule has 0 aromatic carbocycles. The van der Waals surface area contributed by atoms with Gasteiger partial charge in [-0.2, -0.15) is 0 Å². The minimum Gasteiger partial charge on any atom is -0.383 e. The van der Waals surface area contributed by atoms with E-state index in [9.17, 15) is 14.7 Å². The van der Waals surface area contributed by atoms with Gasteiger partial charge in [-0.15, -0.1) is 0 Å². The van der Waals surface area contributed by atoms with E-state index in [4.69, 9.17) is 4.74 Å². The van der Waals surface area contributed by atoms with Crippen LogP contribution in [0.2, 0.25) is 0 Å². The molecule has 1 N–H and O–H groups in total. The Hall–Kier alpha value is -1.46. The normalized spacial score (nSPS) is 25.6. The quantitative estimate of drug-likeness (QED) is 0.231. The topological polar surface area (TPSA) is 63.6 Å². The molecule has 1 saturated heterocycles. The van der Waals surface area contributed by atoms with E-state index >= 15 is 0 Å². The maximum atomic E-state index is 12.5. The highest BCUT2D eigenvalue weighted by Crippen LogP contribution is 2.34. The van der Waals surface area contributed by atoms with E-state index in [2.05, 4.69) is 13.5 Å². The van der Waals surface area contributed by atoms with Crippen molar-refractivity contribution in [1.82, 2.24) is 0 Å². The Labute approximate surface area is 145 Å². The average molecular weight is 338 g/mol. The first-order valence-corrected chi connectivity index (χ1v) is 8.86. The number of cyclic esters (lactones) is 1. The smallest absolute Gasteiger partial charge is 0.374 e. The Morgan fingerprint density at radius 2 is 2.00 bits per heavy atom. The molecule has 0 aliphatic carbocycles. The number of hydrogen-bond donors (Lipinski definition) is 1. The Bertz CT molecular complexity index is 484. The Morgan fingerprint density at radius 3 is 2.62 bits per heavy atom. The number of esters is 1. The van der Waals surface area contributed by atoms with Gasteiger partial charge in [0, 0.05) is 6.42 Å². The summed E-state index contributed by atoms with van der Waals surface area (Å²) in [6.45, 7) is 6.23. The maximum absolute atomic E-state index is 12.5. The third-order valence-corrected chi connectivity index (χ3v) is 4.60. The minimum absolute atomic E-state index is 0.00999. The number of unbranched alkanes of at least 4 members (excludes halogenated alkanes) is 4. The molecule has 0 radical (unpaired) electrons. The molecule has 1 heterocycles. The molecule has 136 valence electrons. The molecular formula is C19H32NO4+. The van der Waals surface area contributed by atoms with Gasteiger partial charge in [-0.1, -0.05) is 44.9 Å². The van der Waals surface area contributed by atoms with Gasteiger partial charge in [0.05, 0.1) is 20.5 Å². The van der Waals surface area contributed by atoms with Crippen LogP contribution in [0.5, 0.6) is 0 Å². The van der Waals surface area contributed by atoms with E-state index in [0.29, 0.717) is 6.54 Å². The Balaban J connectivity index is 2.99. The van der Waals surface area contributed by atoms with E-state index in [-0.39, 0.29) is 23.1 Å². The number of rotatable bonds is 9. The number of ether oxygens (including phenoxy) is 1. The minimum atomic E-state index is -1.90. The highest BCUT2D eigenvalue weighted by atomic mass is 16.7. The summed E-state index contributed by atoms with van der Waals surface area (Å²) in [6.07, 6.45) is 10.8. The second-order valence-electron chi connectivity index (χ2n) is 7.01. The summed E-state index contributed by atoms with van der Waals surface area (Å²) < 4.78 is 5.31. The van der Waals surface area contributed by atoms with Crippen molar-refractivity contribution in [3.63, 3.8) is 0 Å². The largest absolute Gasteiger partial charge is 0.383 e. The van der Waals surface area contributed by atoms with E-state index < -0.39 is 17.8 Å². The fourth-order valence-electron chi connectivity index (χ4n) is 2.98. The highest BCUT2D eigenvalue weighted by molar-refractivity contribution is 5.88. The van der Waals surface area contributed by atoms with Gasteiger partial charge < -0.3 is 9.84 Å². The van der Waals surface area contributed by atoms with E-state index in [1.807, 2.05) is 6.08 Å². The van der Waals surface area contributed by atoms with Gasteiger partial charge in [0.2, 0.25) is 0 Å². The van der Waals surface area contributed by atoms with Crippen LogP contribution in [0.3, 0.4) is 0 Å². The Morgan fingerprint density at radius 1 is 1.29 bits per heavy atom. The van der Waals surface area contributed by atoms with Gasteiger partial charge in [0.15, 0.2) is 11.7 Å². The van der Waals surface area contributed by atoms with Crippen LogP contribution < -0.4 is 0 Å². The number of carbonyl (C=O) groups excluding carboxylic acids is 2. The number of aliphatic hydroxyl groups is 1. The van der Waals surface area contributed by atoms with Crippen molar-refractivity contribution in [2.75, 3.05) is 20.6 Å². The van der Waals surface area contributed by atoms with Crippen LogP contribution in [0, 0.1) is 5.92 Å². The lowest BCUT2D eigenvalue weighted by molar-refractivity contribution is -0.990. The molecular weight excluding hydrogens is 306 g/mol. The van der Waals surface area contributed by atoms with Crippen LogP contribution in [0.1, 0.15) is 51.9 Å². The lowest BCUT2D eigenvalue weighted by atomic mass is 9.94. The monoisotopic (exact) mass is 338 g/mol. The lowest BCUT2D eigenvalue weighted by Gasteiger charge is -2.44. The highest BCUT2D eigenvalue weighted by Gasteiger charge is 2.57. The van der Waals surface area contributed by atoms with Crippen molar-refractivity contribution < 1.29 is 23.9 Å². The zero-order valence-electron chi connectivity index (χ0n) is 15.3. The lowest BCUT2D eigenvalue weighted by Crippen LogP contribution is -2.66. The van der Waals surface area contributed by atoms with Crippen LogP contribution in [0.25, 0.3) is 0 Å². The molecule has 1 aliphatic heterocycles. The third-order valence-electron chi connectivity index (χ3n) is 4.60. The molecule has 1 fully saturated rings.